The second-order valence-corrected chi connectivity index (χ2v) is 6.13. The van der Waals surface area contributed by atoms with Crippen molar-refractivity contribution in [1.29, 1.82) is 0 Å². The van der Waals surface area contributed by atoms with Gasteiger partial charge in [0.25, 0.3) is 0 Å². The van der Waals surface area contributed by atoms with Gasteiger partial charge in [0.15, 0.2) is 0 Å². The van der Waals surface area contributed by atoms with Gasteiger partial charge in [0, 0.05) is 5.56 Å². The lowest BCUT2D eigenvalue weighted by molar-refractivity contribution is 0.411. The maximum absolute atomic E-state index is 6.20. The summed E-state index contributed by atoms with van der Waals surface area (Å²) in [5, 5.41) is 4.40. The fraction of sp³-hybridized carbons (Fsp3) is 0.700. The summed E-state index contributed by atoms with van der Waals surface area (Å²) < 4.78 is 4.47. The number of aromatic nitrogens is 1. The summed E-state index contributed by atoms with van der Waals surface area (Å²) in [5.41, 5.74) is 2.03. The molecule has 0 aliphatic heterocycles. The lowest BCUT2D eigenvalue weighted by Gasteiger charge is -2.04. The monoisotopic (exact) mass is 265 g/mol. The van der Waals surface area contributed by atoms with Crippen molar-refractivity contribution < 1.29 is 4.52 Å². The molecule has 1 aromatic rings. The van der Waals surface area contributed by atoms with Crippen molar-refractivity contribution in [3.05, 3.63) is 16.5 Å². The van der Waals surface area contributed by atoms with Crippen LogP contribution in [0.5, 0.6) is 0 Å². The third kappa shape index (κ3) is 1.49. The molecule has 0 spiro atoms. The summed E-state index contributed by atoms with van der Waals surface area (Å²) in [7, 11) is 0. The molecule has 1 heterocycles. The summed E-state index contributed by atoms with van der Waals surface area (Å²) in [6.45, 7) is 0. The molecule has 0 saturated heterocycles. The van der Waals surface area contributed by atoms with E-state index in [9.17, 15) is 0 Å². The first-order valence-corrected chi connectivity index (χ1v) is 6.25. The van der Waals surface area contributed by atoms with Crippen LogP contribution in [0.4, 0.5) is 0 Å². The predicted octanol–water partition coefficient (Wildman–Crippen LogP) is 3.63. The number of halogens is 3. The molecular weight excluding hydrogens is 256 g/mol. The first kappa shape index (κ1) is 10.2. The fourth-order valence-electron chi connectivity index (χ4n) is 2.60. The second kappa shape index (κ2) is 3.28. The lowest BCUT2D eigenvalue weighted by atomic mass is 9.99. The van der Waals surface area contributed by atoms with Crippen LogP contribution in [0.2, 0.25) is 5.22 Å². The number of rotatable bonds is 0. The normalized spacial score (nSPS) is 32.5. The van der Waals surface area contributed by atoms with E-state index in [1.165, 1.54) is 0 Å². The van der Waals surface area contributed by atoms with Gasteiger partial charge in [-0.1, -0.05) is 5.16 Å². The molecule has 0 radical (unpaired) electrons. The van der Waals surface area contributed by atoms with Crippen molar-refractivity contribution in [1.82, 2.24) is 5.16 Å². The molecule has 0 amide bonds. The van der Waals surface area contributed by atoms with Crippen LogP contribution in [0.15, 0.2) is 4.52 Å². The third-order valence-corrected chi connectivity index (χ3v) is 5.00. The Morgan fingerprint density at radius 2 is 1.87 bits per heavy atom. The molecule has 0 unspecified atom stereocenters. The zero-order valence-electron chi connectivity index (χ0n) is 7.97. The molecule has 2 atom stereocenters. The zero-order valence-corrected chi connectivity index (χ0v) is 10.2. The molecule has 2 aliphatic carbocycles. The van der Waals surface area contributed by atoms with Crippen molar-refractivity contribution >= 4 is 34.8 Å². The molecule has 0 N–H and O–H groups in total. The Hall–Kier alpha value is 0.0800. The van der Waals surface area contributed by atoms with Crippen molar-refractivity contribution in [2.75, 3.05) is 0 Å². The van der Waals surface area contributed by atoms with Gasteiger partial charge in [-0.25, -0.2) is 0 Å². The Morgan fingerprint density at radius 1 is 1.20 bits per heavy atom. The minimum atomic E-state index is -0.507. The first-order chi connectivity index (χ1) is 7.10. The smallest absolute Gasteiger partial charge is 0.229 e. The molecule has 1 saturated carbocycles. The molecule has 15 heavy (non-hydrogen) atoms. The maximum Gasteiger partial charge on any atom is 0.229 e. The van der Waals surface area contributed by atoms with E-state index >= 15 is 0 Å². The highest BCUT2D eigenvalue weighted by Crippen LogP contribution is 2.63. The molecule has 1 aromatic heterocycles. The van der Waals surface area contributed by atoms with Crippen molar-refractivity contribution in [3.8, 4) is 0 Å². The van der Waals surface area contributed by atoms with Gasteiger partial charge in [-0.15, -0.1) is 23.2 Å². The van der Waals surface area contributed by atoms with E-state index in [1.54, 1.807) is 0 Å². The lowest BCUT2D eigenvalue weighted by Crippen LogP contribution is -2.00. The number of nitrogens with zero attached hydrogens (tertiary/aromatic N) is 1. The Balaban J connectivity index is 1.86. The van der Waals surface area contributed by atoms with E-state index in [-0.39, 0.29) is 0 Å². The number of hydrogen-bond acceptors (Lipinski definition) is 2. The zero-order chi connectivity index (χ0) is 10.6. The van der Waals surface area contributed by atoms with E-state index in [4.69, 9.17) is 39.3 Å². The van der Waals surface area contributed by atoms with Crippen LogP contribution in [0.1, 0.15) is 24.1 Å². The predicted molar refractivity (Wildman–Crippen MR) is 59.6 cm³/mol. The fourth-order valence-corrected chi connectivity index (χ4v) is 3.75. The summed E-state index contributed by atoms with van der Waals surface area (Å²) in [6, 6.07) is 0. The molecule has 2 nitrogen and oxygen atoms in total. The minimum Gasteiger partial charge on any atom is -0.344 e. The van der Waals surface area contributed by atoms with Gasteiger partial charge in [-0.3, -0.25) is 0 Å². The summed E-state index contributed by atoms with van der Waals surface area (Å²) in [6.07, 6.45) is 3.70. The number of alkyl halides is 2. The SMILES string of the molecule is Clc1onc2c1CC[C@@H]1[C@H](CC2)C1(Cl)Cl. The van der Waals surface area contributed by atoms with Crippen LogP contribution in [0.25, 0.3) is 0 Å². The van der Waals surface area contributed by atoms with E-state index in [2.05, 4.69) is 5.16 Å². The number of hydrogen-bond donors (Lipinski definition) is 0. The second-order valence-electron chi connectivity index (χ2n) is 4.35. The van der Waals surface area contributed by atoms with E-state index in [0.717, 1.165) is 36.9 Å². The van der Waals surface area contributed by atoms with Crippen LogP contribution in [-0.4, -0.2) is 9.49 Å². The number of fused-ring (bicyclic) bond motifs is 2. The van der Waals surface area contributed by atoms with Crippen LogP contribution in [0.3, 0.4) is 0 Å². The van der Waals surface area contributed by atoms with E-state index < -0.39 is 4.33 Å². The highest BCUT2D eigenvalue weighted by atomic mass is 35.5. The Morgan fingerprint density at radius 3 is 2.60 bits per heavy atom. The molecule has 1 fully saturated rings. The Bertz CT molecular complexity index is 401. The minimum absolute atomic E-state index is 0.417. The van der Waals surface area contributed by atoms with E-state index in [1.807, 2.05) is 0 Å². The van der Waals surface area contributed by atoms with Crippen molar-refractivity contribution in [3.63, 3.8) is 0 Å². The van der Waals surface area contributed by atoms with Gasteiger partial charge in [-0.05, 0) is 49.1 Å². The third-order valence-electron chi connectivity index (χ3n) is 3.58. The van der Waals surface area contributed by atoms with Gasteiger partial charge in [-0.2, -0.15) is 0 Å². The van der Waals surface area contributed by atoms with Crippen LogP contribution >= 0.6 is 34.8 Å². The van der Waals surface area contributed by atoms with Gasteiger partial charge in [0.2, 0.25) is 5.22 Å². The largest absolute Gasteiger partial charge is 0.344 e. The van der Waals surface area contributed by atoms with Crippen LogP contribution in [0, 0.1) is 11.8 Å². The molecule has 0 aromatic carbocycles. The molecule has 2 aliphatic rings. The maximum atomic E-state index is 6.20. The Kier molecular flexibility index (Phi) is 2.24. The van der Waals surface area contributed by atoms with Gasteiger partial charge < -0.3 is 4.52 Å². The molecule has 0 bridgehead atoms. The summed E-state index contributed by atoms with van der Waals surface area (Å²) in [5.74, 6) is 0.837. The average Bonchev–Trinajstić information content (AvgIpc) is 2.47. The van der Waals surface area contributed by atoms with Crippen molar-refractivity contribution in [2.24, 2.45) is 11.8 Å². The molecular formula is C10H10Cl3NO. The Labute approximate surface area is 103 Å². The molecule has 82 valence electrons. The topological polar surface area (TPSA) is 26.0 Å². The quantitative estimate of drug-likeness (QED) is 0.670. The highest BCUT2D eigenvalue weighted by molar-refractivity contribution is 6.51. The van der Waals surface area contributed by atoms with E-state index in [0.29, 0.717) is 17.1 Å². The standard InChI is InChI=1S/C10H10Cl3NO/c11-9-5-1-2-6-7(10(6,12)13)3-4-8(5)14-15-9/h6-7H,1-4H2/t6-,7+/m1/s1. The summed E-state index contributed by atoms with van der Waals surface area (Å²) >= 11 is 18.3. The average molecular weight is 267 g/mol. The number of aryl methyl sites for hydroxylation is 1. The van der Waals surface area contributed by atoms with Gasteiger partial charge in [0.1, 0.15) is 4.33 Å². The van der Waals surface area contributed by atoms with Crippen molar-refractivity contribution in [2.45, 2.75) is 30.0 Å². The van der Waals surface area contributed by atoms with Gasteiger partial charge in [0.05, 0.1) is 5.69 Å². The highest BCUT2D eigenvalue weighted by Gasteiger charge is 2.62. The van der Waals surface area contributed by atoms with Gasteiger partial charge >= 0.3 is 0 Å². The first-order valence-electron chi connectivity index (χ1n) is 5.11. The summed E-state index contributed by atoms with van der Waals surface area (Å²) in [4.78, 5) is 0. The molecule has 5 heteroatoms. The molecule has 3 rings (SSSR count). The van der Waals surface area contributed by atoms with Crippen LogP contribution in [-0.2, 0) is 12.8 Å². The van der Waals surface area contributed by atoms with Crippen LogP contribution < -0.4 is 0 Å².